The molecule has 2 atom stereocenters. The fraction of sp³-hybridized carbons (Fsp3) is 0.357. The number of nitrogens with one attached hydrogen (secondary N) is 1. The zero-order valence-electron chi connectivity index (χ0n) is 12.3. The van der Waals surface area contributed by atoms with Crippen molar-refractivity contribution in [2.45, 2.75) is 36.8 Å². The average Bonchev–Trinajstić information content (AvgIpc) is 2.48. The van der Waals surface area contributed by atoms with Crippen molar-refractivity contribution >= 4 is 21.7 Å². The van der Waals surface area contributed by atoms with Gasteiger partial charge in [-0.2, -0.15) is 0 Å². The van der Waals surface area contributed by atoms with E-state index in [1.807, 2.05) is 0 Å². The number of nitro groups is 1. The standard InChI is InChI=1S/C14H16N2O6S/c1-10(17)22-13-6-2-11(3-7-13)15-23(20,21)14-8-4-12(5-9-14)16(18)19/h2,4-6,8-9,11,13,15H,3,7H2,1H3/t11-,13+/m0/s1. The number of sulfonamides is 1. The van der Waals surface area contributed by atoms with E-state index in [0.29, 0.717) is 12.8 Å². The first-order chi connectivity index (χ1) is 10.8. The maximum absolute atomic E-state index is 12.2. The summed E-state index contributed by atoms with van der Waals surface area (Å²) in [6.07, 6.45) is 3.95. The van der Waals surface area contributed by atoms with E-state index >= 15 is 0 Å². The third kappa shape index (κ3) is 4.60. The topological polar surface area (TPSA) is 116 Å². The average molecular weight is 340 g/mol. The lowest BCUT2D eigenvalue weighted by atomic mass is 10.0. The van der Waals surface area contributed by atoms with Gasteiger partial charge in [-0.1, -0.05) is 6.08 Å². The molecule has 1 aliphatic rings. The van der Waals surface area contributed by atoms with E-state index in [4.69, 9.17) is 4.74 Å². The molecule has 1 aliphatic carbocycles. The summed E-state index contributed by atoms with van der Waals surface area (Å²) in [5.74, 6) is -0.385. The minimum atomic E-state index is -3.77. The number of hydrogen-bond acceptors (Lipinski definition) is 6. The number of nitrogens with zero attached hydrogens (tertiary/aromatic N) is 1. The summed E-state index contributed by atoms with van der Waals surface area (Å²) in [6.45, 7) is 1.32. The SMILES string of the molecule is CC(=O)O[C@@H]1C=C[C@H](NS(=O)(=O)c2ccc([N+](=O)[O-])cc2)CC1. The van der Waals surface area contributed by atoms with Crippen LogP contribution in [0.15, 0.2) is 41.3 Å². The highest BCUT2D eigenvalue weighted by atomic mass is 32.2. The predicted octanol–water partition coefficient (Wildman–Crippen LogP) is 1.52. The highest BCUT2D eigenvalue weighted by molar-refractivity contribution is 7.89. The number of non-ortho nitro benzene ring substituents is 1. The Labute approximate surface area is 133 Å². The summed E-state index contributed by atoms with van der Waals surface area (Å²) in [5.41, 5.74) is -0.175. The summed E-state index contributed by atoms with van der Waals surface area (Å²) in [5, 5.41) is 10.6. The first kappa shape index (κ1) is 17.1. The van der Waals surface area contributed by atoms with E-state index < -0.39 is 21.0 Å². The predicted molar refractivity (Wildman–Crippen MR) is 81.1 cm³/mol. The summed E-state index contributed by atoms with van der Waals surface area (Å²) >= 11 is 0. The molecule has 0 fully saturated rings. The molecule has 1 aromatic carbocycles. The number of hydrogen-bond donors (Lipinski definition) is 1. The van der Waals surface area contributed by atoms with Crippen LogP contribution < -0.4 is 4.72 Å². The van der Waals surface area contributed by atoms with Crippen molar-refractivity contribution in [2.24, 2.45) is 0 Å². The van der Waals surface area contributed by atoms with Crippen LogP contribution in [0.3, 0.4) is 0 Å². The third-order valence-corrected chi connectivity index (χ3v) is 4.81. The monoisotopic (exact) mass is 340 g/mol. The Balaban J connectivity index is 2.04. The molecule has 0 unspecified atom stereocenters. The number of carbonyl (C=O) groups excluding carboxylic acids is 1. The van der Waals surface area contributed by atoms with E-state index in [9.17, 15) is 23.3 Å². The van der Waals surface area contributed by atoms with Gasteiger partial charge in [-0.15, -0.1) is 0 Å². The van der Waals surface area contributed by atoms with Crippen LogP contribution in [0.4, 0.5) is 5.69 Å². The van der Waals surface area contributed by atoms with Crippen LogP contribution in [-0.2, 0) is 19.6 Å². The smallest absolute Gasteiger partial charge is 0.303 e. The molecular weight excluding hydrogens is 324 g/mol. The van der Waals surface area contributed by atoms with E-state index in [0.717, 1.165) is 12.1 Å². The van der Waals surface area contributed by atoms with Crippen LogP contribution >= 0.6 is 0 Å². The second-order valence-corrected chi connectivity index (χ2v) is 6.80. The second-order valence-electron chi connectivity index (χ2n) is 5.09. The second kappa shape index (κ2) is 6.88. The van der Waals surface area contributed by atoms with Crippen LogP contribution in [0.1, 0.15) is 19.8 Å². The Morgan fingerprint density at radius 1 is 1.26 bits per heavy atom. The molecule has 0 heterocycles. The lowest BCUT2D eigenvalue weighted by Crippen LogP contribution is -2.36. The quantitative estimate of drug-likeness (QED) is 0.376. The number of carbonyl (C=O) groups is 1. The Bertz CT molecular complexity index is 726. The minimum Gasteiger partial charge on any atom is -0.458 e. The molecule has 0 saturated heterocycles. The number of esters is 1. The van der Waals surface area contributed by atoms with Crippen LogP contribution in [0.25, 0.3) is 0 Å². The van der Waals surface area contributed by atoms with Gasteiger partial charge in [0.25, 0.3) is 5.69 Å². The van der Waals surface area contributed by atoms with Crippen molar-refractivity contribution in [2.75, 3.05) is 0 Å². The molecule has 2 rings (SSSR count). The molecule has 23 heavy (non-hydrogen) atoms. The molecule has 0 spiro atoms. The number of ether oxygens (including phenoxy) is 1. The maximum atomic E-state index is 12.2. The lowest BCUT2D eigenvalue weighted by molar-refractivity contribution is -0.384. The van der Waals surface area contributed by atoms with Gasteiger partial charge < -0.3 is 4.74 Å². The molecule has 0 aliphatic heterocycles. The van der Waals surface area contributed by atoms with Gasteiger partial charge in [0.1, 0.15) is 6.10 Å². The molecular formula is C14H16N2O6S. The Morgan fingerprint density at radius 2 is 1.91 bits per heavy atom. The van der Waals surface area contributed by atoms with Crippen molar-refractivity contribution in [3.63, 3.8) is 0 Å². The Morgan fingerprint density at radius 3 is 2.39 bits per heavy atom. The van der Waals surface area contributed by atoms with Gasteiger partial charge in [0.15, 0.2) is 0 Å². The first-order valence-corrected chi connectivity index (χ1v) is 8.38. The van der Waals surface area contributed by atoms with Gasteiger partial charge in [-0.25, -0.2) is 13.1 Å². The van der Waals surface area contributed by atoms with Crippen molar-refractivity contribution in [1.29, 1.82) is 0 Å². The zero-order chi connectivity index (χ0) is 17.0. The Hall–Kier alpha value is -2.26. The molecule has 8 nitrogen and oxygen atoms in total. The summed E-state index contributed by atoms with van der Waals surface area (Å²) in [7, 11) is -3.77. The van der Waals surface area contributed by atoms with Gasteiger partial charge in [0.2, 0.25) is 10.0 Å². The summed E-state index contributed by atoms with van der Waals surface area (Å²) in [6, 6.07) is 4.25. The highest BCUT2D eigenvalue weighted by Gasteiger charge is 2.23. The minimum absolute atomic E-state index is 0.0430. The highest BCUT2D eigenvalue weighted by Crippen LogP contribution is 2.19. The normalized spacial score (nSPS) is 20.9. The van der Waals surface area contributed by atoms with E-state index in [1.165, 1.54) is 19.1 Å². The molecule has 0 radical (unpaired) electrons. The number of benzene rings is 1. The molecule has 0 bridgehead atoms. The molecule has 9 heteroatoms. The first-order valence-electron chi connectivity index (χ1n) is 6.90. The summed E-state index contributed by atoms with van der Waals surface area (Å²) < 4.78 is 32.0. The number of nitro benzene ring substituents is 1. The zero-order valence-corrected chi connectivity index (χ0v) is 13.2. The molecule has 1 aromatic rings. The molecule has 1 N–H and O–H groups in total. The molecule has 0 amide bonds. The van der Waals surface area contributed by atoms with Crippen LogP contribution in [0.5, 0.6) is 0 Å². The summed E-state index contributed by atoms with van der Waals surface area (Å²) in [4.78, 5) is 20.8. The van der Waals surface area contributed by atoms with Gasteiger partial charge >= 0.3 is 5.97 Å². The van der Waals surface area contributed by atoms with Crippen LogP contribution in [0, 0.1) is 10.1 Å². The molecule has 0 aromatic heterocycles. The molecule has 0 saturated carbocycles. The third-order valence-electron chi connectivity index (χ3n) is 3.30. The van der Waals surface area contributed by atoms with Gasteiger partial charge in [-0.05, 0) is 31.1 Å². The fourth-order valence-electron chi connectivity index (χ4n) is 2.22. The number of rotatable bonds is 5. The Kier molecular flexibility index (Phi) is 5.12. The van der Waals surface area contributed by atoms with Crippen LogP contribution in [-0.4, -0.2) is 31.5 Å². The van der Waals surface area contributed by atoms with Gasteiger partial charge in [0.05, 0.1) is 9.82 Å². The largest absolute Gasteiger partial charge is 0.458 e. The fourth-order valence-corrected chi connectivity index (χ4v) is 3.44. The van der Waals surface area contributed by atoms with E-state index in [-0.39, 0.29) is 22.7 Å². The lowest BCUT2D eigenvalue weighted by Gasteiger charge is -2.23. The van der Waals surface area contributed by atoms with Crippen LogP contribution in [0.2, 0.25) is 0 Å². The van der Waals surface area contributed by atoms with Gasteiger partial charge in [0, 0.05) is 25.1 Å². The van der Waals surface area contributed by atoms with Crippen molar-refractivity contribution in [3.05, 3.63) is 46.5 Å². The maximum Gasteiger partial charge on any atom is 0.303 e. The molecule has 124 valence electrons. The van der Waals surface area contributed by atoms with Crippen molar-refractivity contribution < 1.29 is 22.9 Å². The van der Waals surface area contributed by atoms with E-state index in [2.05, 4.69) is 4.72 Å². The van der Waals surface area contributed by atoms with Crippen molar-refractivity contribution in [3.8, 4) is 0 Å². The van der Waals surface area contributed by atoms with Gasteiger partial charge in [-0.3, -0.25) is 14.9 Å². The van der Waals surface area contributed by atoms with Crippen molar-refractivity contribution in [1.82, 2.24) is 4.72 Å². The van der Waals surface area contributed by atoms with E-state index in [1.54, 1.807) is 12.2 Å².